The molecule has 0 N–H and O–H groups in total. The van der Waals surface area contributed by atoms with Crippen LogP contribution in [0.25, 0.3) is 16.3 Å². The number of nitrogens with zero attached hydrogens (tertiary/aromatic N) is 1. The second kappa shape index (κ2) is 6.65. The van der Waals surface area contributed by atoms with Gasteiger partial charge in [0.1, 0.15) is 0 Å². The van der Waals surface area contributed by atoms with Crippen molar-refractivity contribution in [1.82, 2.24) is 4.90 Å². The molecule has 3 heteroatoms. The Kier molecular flexibility index (Phi) is 4.43. The monoisotopic (exact) mass is 419 g/mol. The van der Waals surface area contributed by atoms with Crippen LogP contribution in [0, 0.1) is 0 Å². The molecule has 1 aliphatic heterocycles. The lowest BCUT2D eigenvalue weighted by Gasteiger charge is -2.37. The molecule has 1 aliphatic rings. The van der Waals surface area contributed by atoms with Crippen molar-refractivity contribution in [1.29, 1.82) is 0 Å². The molecule has 4 rings (SSSR count). The highest BCUT2D eigenvalue weighted by atomic mass is 79.9. The topological polar surface area (TPSA) is 20.3 Å². The molecule has 0 aliphatic carbocycles. The molecule has 0 atom stereocenters. The van der Waals surface area contributed by atoms with Crippen LogP contribution < -0.4 is 0 Å². The smallest absolute Gasteiger partial charge is 0.255 e. The first-order chi connectivity index (χ1) is 12.9. The predicted octanol–water partition coefficient (Wildman–Crippen LogP) is 6.15. The highest BCUT2D eigenvalue weighted by Gasteiger charge is 2.40. The Hall–Kier alpha value is -2.39. The van der Waals surface area contributed by atoms with E-state index in [1.165, 1.54) is 10.8 Å². The molecule has 1 heterocycles. The average Bonchev–Trinajstić information content (AvgIpc) is 2.98. The minimum atomic E-state index is -0.433. The van der Waals surface area contributed by atoms with Crippen LogP contribution in [0.4, 0.5) is 0 Å². The van der Waals surface area contributed by atoms with E-state index >= 15 is 0 Å². The van der Waals surface area contributed by atoms with Gasteiger partial charge in [-0.05, 0) is 64.2 Å². The number of hydrogen-bond donors (Lipinski definition) is 0. The van der Waals surface area contributed by atoms with Crippen molar-refractivity contribution in [2.75, 3.05) is 6.54 Å². The van der Waals surface area contributed by atoms with Crippen molar-refractivity contribution in [3.8, 4) is 0 Å². The molecule has 0 fully saturated rings. The van der Waals surface area contributed by atoms with Crippen molar-refractivity contribution in [3.63, 3.8) is 0 Å². The third-order valence-corrected chi connectivity index (χ3v) is 6.40. The third-order valence-electron chi connectivity index (χ3n) is 5.54. The molecule has 0 radical (unpaired) electrons. The van der Waals surface area contributed by atoms with Gasteiger partial charge < -0.3 is 4.90 Å². The molecular weight excluding hydrogens is 398 g/mol. The first-order valence-corrected chi connectivity index (χ1v) is 9.95. The number of amides is 1. The van der Waals surface area contributed by atoms with Crippen LogP contribution in [0.15, 0.2) is 76.8 Å². The summed E-state index contributed by atoms with van der Waals surface area (Å²) in [6, 6.07) is 22.6. The summed E-state index contributed by atoms with van der Waals surface area (Å²) in [7, 11) is 0. The van der Waals surface area contributed by atoms with Gasteiger partial charge in [0.25, 0.3) is 5.91 Å². The van der Waals surface area contributed by atoms with E-state index in [4.69, 9.17) is 0 Å². The Balaban J connectivity index is 1.76. The fraction of sp³-hybridized carbons (Fsp3) is 0.208. The molecule has 3 aromatic rings. The highest BCUT2D eigenvalue weighted by Crippen LogP contribution is 2.41. The zero-order valence-electron chi connectivity index (χ0n) is 15.8. The van der Waals surface area contributed by atoms with E-state index in [-0.39, 0.29) is 5.91 Å². The molecule has 0 spiro atoms. The first-order valence-electron chi connectivity index (χ1n) is 9.16. The van der Waals surface area contributed by atoms with Gasteiger partial charge >= 0.3 is 0 Å². The van der Waals surface area contributed by atoms with Crippen molar-refractivity contribution < 1.29 is 4.79 Å². The third kappa shape index (κ3) is 2.90. The zero-order valence-corrected chi connectivity index (χ0v) is 17.4. The lowest BCUT2D eigenvalue weighted by molar-refractivity contribution is -0.128. The summed E-state index contributed by atoms with van der Waals surface area (Å²) >= 11 is 3.81. The van der Waals surface area contributed by atoms with Crippen molar-refractivity contribution in [2.45, 2.75) is 26.3 Å². The lowest BCUT2D eigenvalue weighted by Crippen LogP contribution is -2.43. The van der Waals surface area contributed by atoms with Crippen molar-refractivity contribution >= 4 is 38.2 Å². The fourth-order valence-electron chi connectivity index (χ4n) is 3.98. The summed E-state index contributed by atoms with van der Waals surface area (Å²) in [5, 5.41) is 2.36. The van der Waals surface area contributed by atoms with Gasteiger partial charge in [0.05, 0.1) is 5.54 Å². The summed E-state index contributed by atoms with van der Waals surface area (Å²) in [6.45, 7) is 6.96. The number of carbonyl (C=O) groups is 1. The molecule has 0 unspecified atom stereocenters. The average molecular weight is 420 g/mol. The Morgan fingerprint density at radius 2 is 1.59 bits per heavy atom. The molecule has 136 valence electrons. The Morgan fingerprint density at radius 1 is 0.926 bits per heavy atom. The summed E-state index contributed by atoms with van der Waals surface area (Å²) in [5.41, 5.74) is 3.64. The molecule has 0 aromatic heterocycles. The van der Waals surface area contributed by atoms with Crippen molar-refractivity contribution in [2.24, 2.45) is 0 Å². The van der Waals surface area contributed by atoms with Crippen LogP contribution in [-0.4, -0.2) is 17.4 Å². The lowest BCUT2D eigenvalue weighted by atomic mass is 9.90. The van der Waals surface area contributed by atoms with Gasteiger partial charge in [-0.1, -0.05) is 66.7 Å². The summed E-state index contributed by atoms with van der Waals surface area (Å²) < 4.78 is 1.06. The van der Waals surface area contributed by atoms with Gasteiger partial charge in [0, 0.05) is 16.6 Å². The van der Waals surface area contributed by atoms with E-state index < -0.39 is 5.54 Å². The number of rotatable bonds is 3. The van der Waals surface area contributed by atoms with Gasteiger partial charge in [-0.25, -0.2) is 0 Å². The number of halogens is 1. The molecule has 3 aromatic carbocycles. The summed E-state index contributed by atoms with van der Waals surface area (Å²) in [6.07, 6.45) is 0. The summed E-state index contributed by atoms with van der Waals surface area (Å²) in [5.74, 6) is 0.101. The van der Waals surface area contributed by atoms with E-state index in [0.29, 0.717) is 6.54 Å². The van der Waals surface area contributed by atoms with Crippen LogP contribution >= 0.6 is 15.9 Å². The van der Waals surface area contributed by atoms with Crippen LogP contribution in [0.1, 0.15) is 31.9 Å². The quantitative estimate of drug-likeness (QED) is 0.498. The summed E-state index contributed by atoms with van der Waals surface area (Å²) in [4.78, 5) is 15.3. The molecule has 0 saturated carbocycles. The maximum absolute atomic E-state index is 13.4. The van der Waals surface area contributed by atoms with Gasteiger partial charge in [0.15, 0.2) is 0 Å². The van der Waals surface area contributed by atoms with Gasteiger partial charge in [0.2, 0.25) is 0 Å². The zero-order chi connectivity index (χ0) is 19.2. The maximum atomic E-state index is 13.4. The van der Waals surface area contributed by atoms with Crippen LogP contribution in [-0.2, 0) is 10.3 Å². The maximum Gasteiger partial charge on any atom is 0.255 e. The SMILES string of the molecule is CC1=C(c2ccccc2)C(=O)N(C(C)(C)c2ccc3ccccc3c2Br)C1. The highest BCUT2D eigenvalue weighted by molar-refractivity contribution is 9.10. The Labute approximate surface area is 168 Å². The van der Waals surface area contributed by atoms with E-state index in [1.807, 2.05) is 47.4 Å². The Bertz CT molecular complexity index is 1070. The molecule has 2 nitrogen and oxygen atoms in total. The van der Waals surface area contributed by atoms with Crippen molar-refractivity contribution in [3.05, 3.63) is 87.9 Å². The second-order valence-corrected chi connectivity index (χ2v) is 8.41. The first kappa shape index (κ1) is 18.0. The number of hydrogen-bond acceptors (Lipinski definition) is 1. The molecular formula is C24H22BrNO. The van der Waals surface area contributed by atoms with Crippen LogP contribution in [0.2, 0.25) is 0 Å². The van der Waals surface area contributed by atoms with Crippen LogP contribution in [0.3, 0.4) is 0 Å². The van der Waals surface area contributed by atoms with Gasteiger partial charge in [-0.2, -0.15) is 0 Å². The number of carbonyl (C=O) groups excluding carboxylic acids is 1. The fourth-order valence-corrected chi connectivity index (χ4v) is 4.96. The van der Waals surface area contributed by atoms with Crippen LogP contribution in [0.5, 0.6) is 0 Å². The standard InChI is InChI=1S/C24H22BrNO/c1-16-15-26(23(27)21(16)18-10-5-4-6-11-18)24(2,3)20-14-13-17-9-7-8-12-19(17)22(20)25/h4-14H,15H2,1-3H3. The minimum Gasteiger partial charge on any atom is -0.325 e. The van der Waals surface area contributed by atoms with E-state index in [1.54, 1.807) is 0 Å². The van der Waals surface area contributed by atoms with Gasteiger partial charge in [-0.15, -0.1) is 0 Å². The normalized spacial score (nSPS) is 15.1. The predicted molar refractivity (Wildman–Crippen MR) is 115 cm³/mol. The van der Waals surface area contributed by atoms with E-state index in [9.17, 15) is 4.79 Å². The minimum absolute atomic E-state index is 0.101. The van der Waals surface area contributed by atoms with Gasteiger partial charge in [-0.3, -0.25) is 4.79 Å². The second-order valence-electron chi connectivity index (χ2n) is 7.62. The largest absolute Gasteiger partial charge is 0.325 e. The number of benzene rings is 3. The molecule has 27 heavy (non-hydrogen) atoms. The molecule has 0 bridgehead atoms. The van der Waals surface area contributed by atoms with E-state index in [0.717, 1.165) is 26.7 Å². The number of fused-ring (bicyclic) bond motifs is 1. The Morgan fingerprint density at radius 3 is 2.33 bits per heavy atom. The molecule has 0 saturated heterocycles. The molecule has 1 amide bonds. The van der Waals surface area contributed by atoms with E-state index in [2.05, 4.69) is 61.0 Å².